The third-order valence-corrected chi connectivity index (χ3v) is 3.93. The van der Waals surface area contributed by atoms with Crippen LogP contribution in [0.3, 0.4) is 0 Å². The summed E-state index contributed by atoms with van der Waals surface area (Å²) in [6.07, 6.45) is 0.550. The molecule has 0 aliphatic carbocycles. The van der Waals surface area contributed by atoms with Crippen molar-refractivity contribution in [2.75, 3.05) is 38.6 Å². The molecule has 1 atom stereocenters. The second-order valence-corrected chi connectivity index (χ2v) is 5.61. The van der Waals surface area contributed by atoms with Crippen molar-refractivity contribution in [3.63, 3.8) is 0 Å². The predicted molar refractivity (Wildman–Crippen MR) is 90.7 cm³/mol. The predicted octanol–water partition coefficient (Wildman–Crippen LogP) is 1.79. The van der Waals surface area contributed by atoms with Crippen LogP contribution < -0.4 is 10.2 Å². The first kappa shape index (κ1) is 18.7. The molecule has 1 heterocycles. The molecule has 2 amide bonds. The second kappa shape index (κ2) is 8.36. The molecule has 1 saturated heterocycles. The second-order valence-electron chi connectivity index (χ2n) is 5.17. The van der Waals surface area contributed by atoms with Gasteiger partial charge < -0.3 is 15.1 Å². The summed E-state index contributed by atoms with van der Waals surface area (Å²) in [5.74, 6) is -0.829. The van der Waals surface area contributed by atoms with E-state index in [1.807, 2.05) is 13.1 Å². The molecule has 1 aromatic carbocycles. The molecule has 5 nitrogen and oxygen atoms in total. The molecule has 122 valence electrons. The van der Waals surface area contributed by atoms with Crippen LogP contribution >= 0.6 is 24.0 Å². The molecule has 1 fully saturated rings. The maximum atomic E-state index is 12.5. The van der Waals surface area contributed by atoms with E-state index in [1.54, 1.807) is 35.0 Å². The van der Waals surface area contributed by atoms with Crippen LogP contribution in [-0.2, 0) is 9.59 Å². The number of likely N-dealkylation sites (N-methyl/N-ethyl adjacent to an activating group) is 2. The van der Waals surface area contributed by atoms with E-state index in [1.165, 1.54) is 0 Å². The number of benzene rings is 1. The van der Waals surface area contributed by atoms with E-state index >= 15 is 0 Å². The summed E-state index contributed by atoms with van der Waals surface area (Å²) in [7, 11) is 3.56. The van der Waals surface area contributed by atoms with E-state index in [0.29, 0.717) is 31.1 Å². The summed E-state index contributed by atoms with van der Waals surface area (Å²) >= 11 is 5.96. The Morgan fingerprint density at radius 2 is 2.23 bits per heavy atom. The van der Waals surface area contributed by atoms with Gasteiger partial charge in [-0.1, -0.05) is 17.7 Å². The van der Waals surface area contributed by atoms with Gasteiger partial charge in [-0.3, -0.25) is 9.59 Å². The fourth-order valence-electron chi connectivity index (χ4n) is 2.47. The molecule has 0 radical (unpaired) electrons. The van der Waals surface area contributed by atoms with Crippen molar-refractivity contribution in [1.29, 1.82) is 0 Å². The minimum atomic E-state index is -0.578. The minimum Gasteiger partial charge on any atom is -0.344 e. The van der Waals surface area contributed by atoms with Crippen LogP contribution in [0, 0.1) is 5.92 Å². The molecule has 0 spiro atoms. The van der Waals surface area contributed by atoms with Gasteiger partial charge in [-0.2, -0.15) is 0 Å². The van der Waals surface area contributed by atoms with Gasteiger partial charge in [0.25, 0.3) is 0 Å². The Balaban J connectivity index is 0.00000242. The number of anilines is 1. The topological polar surface area (TPSA) is 52.7 Å². The monoisotopic (exact) mass is 345 g/mol. The largest absolute Gasteiger partial charge is 0.344 e. The molecule has 1 N–H and O–H groups in total. The van der Waals surface area contributed by atoms with E-state index in [4.69, 9.17) is 11.6 Å². The fraction of sp³-hybridized carbons (Fsp3) is 0.467. The van der Waals surface area contributed by atoms with Crippen LogP contribution in [0.1, 0.15) is 6.42 Å². The zero-order chi connectivity index (χ0) is 15.4. The lowest BCUT2D eigenvalue weighted by atomic mass is 10.1. The number of halogens is 2. The lowest BCUT2D eigenvalue weighted by Gasteiger charge is -2.21. The highest BCUT2D eigenvalue weighted by molar-refractivity contribution is 6.31. The van der Waals surface area contributed by atoms with Crippen LogP contribution in [0.15, 0.2) is 24.3 Å². The van der Waals surface area contributed by atoms with Gasteiger partial charge in [0.1, 0.15) is 5.92 Å². The van der Waals surface area contributed by atoms with Gasteiger partial charge >= 0.3 is 0 Å². The van der Waals surface area contributed by atoms with E-state index in [2.05, 4.69) is 5.32 Å². The standard InChI is InChI=1S/C15H20ClN3O2.ClH/c1-17-7-9-18(2)14(20)13-6-8-19(15(13)21)12-5-3-4-11(16)10-12;/h3-5,10,13,17H,6-9H2,1-2H3;1H. The first-order chi connectivity index (χ1) is 10.0. The van der Waals surface area contributed by atoms with Gasteiger partial charge in [-0.05, 0) is 31.7 Å². The highest BCUT2D eigenvalue weighted by atomic mass is 35.5. The molecule has 1 unspecified atom stereocenters. The van der Waals surface area contributed by atoms with Gasteiger partial charge in [0.15, 0.2) is 0 Å². The Morgan fingerprint density at radius 3 is 2.86 bits per heavy atom. The van der Waals surface area contributed by atoms with Crippen molar-refractivity contribution in [2.45, 2.75) is 6.42 Å². The SMILES string of the molecule is CNCCN(C)C(=O)C1CCN(c2cccc(Cl)c2)C1=O.Cl. The van der Waals surface area contributed by atoms with E-state index in [-0.39, 0.29) is 24.2 Å². The average Bonchev–Trinajstić information content (AvgIpc) is 2.85. The quantitative estimate of drug-likeness (QED) is 0.827. The van der Waals surface area contributed by atoms with Gasteiger partial charge in [0, 0.05) is 37.4 Å². The molecule has 0 bridgehead atoms. The molecule has 1 aliphatic heterocycles. The molecule has 0 saturated carbocycles. The van der Waals surface area contributed by atoms with Crippen molar-refractivity contribution < 1.29 is 9.59 Å². The fourth-order valence-corrected chi connectivity index (χ4v) is 2.65. The number of nitrogens with one attached hydrogen (secondary N) is 1. The normalized spacial score (nSPS) is 17.3. The Labute approximate surface area is 142 Å². The maximum absolute atomic E-state index is 12.5. The highest BCUT2D eigenvalue weighted by Crippen LogP contribution is 2.28. The summed E-state index contributed by atoms with van der Waals surface area (Å²) in [6.45, 7) is 1.85. The lowest BCUT2D eigenvalue weighted by Crippen LogP contribution is -2.40. The number of hydrogen-bond acceptors (Lipinski definition) is 3. The molecule has 7 heteroatoms. The number of nitrogens with zero attached hydrogens (tertiary/aromatic N) is 2. The van der Waals surface area contributed by atoms with Crippen LogP contribution in [-0.4, -0.2) is 50.4 Å². The molecular formula is C15H21Cl2N3O2. The van der Waals surface area contributed by atoms with Crippen molar-refractivity contribution >= 4 is 41.5 Å². The average molecular weight is 346 g/mol. The first-order valence-electron chi connectivity index (χ1n) is 7.01. The zero-order valence-electron chi connectivity index (χ0n) is 12.7. The highest BCUT2D eigenvalue weighted by Gasteiger charge is 2.38. The van der Waals surface area contributed by atoms with Crippen LogP contribution in [0.4, 0.5) is 5.69 Å². The van der Waals surface area contributed by atoms with Crippen LogP contribution in [0.25, 0.3) is 0 Å². The van der Waals surface area contributed by atoms with Crippen molar-refractivity contribution in [3.05, 3.63) is 29.3 Å². The summed E-state index contributed by atoms with van der Waals surface area (Å²) in [5, 5.41) is 3.58. The maximum Gasteiger partial charge on any atom is 0.239 e. The number of rotatable bonds is 5. The van der Waals surface area contributed by atoms with E-state index < -0.39 is 5.92 Å². The van der Waals surface area contributed by atoms with Crippen LogP contribution in [0.5, 0.6) is 0 Å². The number of hydrogen-bond donors (Lipinski definition) is 1. The first-order valence-corrected chi connectivity index (χ1v) is 7.39. The van der Waals surface area contributed by atoms with Crippen molar-refractivity contribution in [2.24, 2.45) is 5.92 Å². The number of carbonyl (C=O) groups excluding carboxylic acids is 2. The Hall–Kier alpha value is -1.30. The summed E-state index contributed by atoms with van der Waals surface area (Å²) < 4.78 is 0. The van der Waals surface area contributed by atoms with Gasteiger partial charge in [-0.15, -0.1) is 12.4 Å². The van der Waals surface area contributed by atoms with E-state index in [9.17, 15) is 9.59 Å². The molecule has 1 aromatic rings. The van der Waals surface area contributed by atoms with Gasteiger partial charge in [-0.25, -0.2) is 0 Å². The molecule has 2 rings (SSSR count). The zero-order valence-corrected chi connectivity index (χ0v) is 14.3. The molecule has 1 aliphatic rings. The third-order valence-electron chi connectivity index (χ3n) is 3.70. The summed E-state index contributed by atoms with van der Waals surface area (Å²) in [6, 6.07) is 7.15. The van der Waals surface area contributed by atoms with Crippen LogP contribution in [0.2, 0.25) is 5.02 Å². The third kappa shape index (κ3) is 4.12. The Kier molecular flexibility index (Phi) is 7.13. The summed E-state index contributed by atoms with van der Waals surface area (Å²) in [4.78, 5) is 28.0. The Morgan fingerprint density at radius 1 is 1.50 bits per heavy atom. The van der Waals surface area contributed by atoms with Crippen molar-refractivity contribution in [1.82, 2.24) is 10.2 Å². The molecule has 22 heavy (non-hydrogen) atoms. The minimum absolute atomic E-state index is 0. The molecular weight excluding hydrogens is 325 g/mol. The van der Waals surface area contributed by atoms with E-state index in [0.717, 1.165) is 5.69 Å². The molecule has 0 aromatic heterocycles. The number of amides is 2. The smallest absolute Gasteiger partial charge is 0.239 e. The lowest BCUT2D eigenvalue weighted by molar-refractivity contribution is -0.138. The van der Waals surface area contributed by atoms with Gasteiger partial charge in [0.05, 0.1) is 0 Å². The van der Waals surface area contributed by atoms with Gasteiger partial charge in [0.2, 0.25) is 11.8 Å². The summed E-state index contributed by atoms with van der Waals surface area (Å²) in [5.41, 5.74) is 0.751. The Bertz CT molecular complexity index is 539. The number of carbonyl (C=O) groups is 2. The van der Waals surface area contributed by atoms with Crippen molar-refractivity contribution in [3.8, 4) is 0 Å².